The standard InChI is InChI=1S/C6H10O5.K/c1-6(2-7,3-8)4(9)5(10)11;/h2,4,8-9H,3H2,1H3,(H,10,11);/q;+1/p-1. The number of carboxylic acids is 1. The molecule has 0 aromatic rings. The molecule has 64 valence electrons. The van der Waals surface area contributed by atoms with E-state index in [0.717, 1.165) is 6.92 Å². The summed E-state index contributed by atoms with van der Waals surface area (Å²) in [5.74, 6) is -1.77. The molecule has 0 saturated heterocycles. The first-order chi connectivity index (χ1) is 4.98. The molecule has 0 bridgehead atoms. The molecular formula is C6H9KO5. The second kappa shape index (κ2) is 6.20. The molecule has 0 radical (unpaired) electrons. The van der Waals surface area contributed by atoms with Gasteiger partial charge in [0.1, 0.15) is 12.4 Å². The van der Waals surface area contributed by atoms with Crippen LogP contribution in [0.1, 0.15) is 6.92 Å². The van der Waals surface area contributed by atoms with Crippen molar-refractivity contribution in [1.29, 1.82) is 0 Å². The normalized spacial score (nSPS) is 16.9. The van der Waals surface area contributed by atoms with Crippen LogP contribution in [0.4, 0.5) is 0 Å². The van der Waals surface area contributed by atoms with Crippen molar-refractivity contribution in [3.05, 3.63) is 0 Å². The fraction of sp³-hybridized carbons (Fsp3) is 0.667. The summed E-state index contributed by atoms with van der Waals surface area (Å²) in [4.78, 5) is 20.2. The van der Waals surface area contributed by atoms with Gasteiger partial charge in [-0.05, 0) is 6.92 Å². The summed E-state index contributed by atoms with van der Waals surface area (Å²) in [5.41, 5.74) is -1.67. The number of hydrogen-bond acceptors (Lipinski definition) is 5. The summed E-state index contributed by atoms with van der Waals surface area (Å²) in [7, 11) is 0. The third-order valence-electron chi connectivity index (χ3n) is 1.46. The molecule has 2 N–H and O–H groups in total. The summed E-state index contributed by atoms with van der Waals surface area (Å²) >= 11 is 0. The van der Waals surface area contributed by atoms with Crippen LogP contribution in [0.2, 0.25) is 0 Å². The quantitative estimate of drug-likeness (QED) is 0.348. The van der Waals surface area contributed by atoms with Gasteiger partial charge < -0.3 is 24.9 Å². The van der Waals surface area contributed by atoms with Crippen molar-refractivity contribution in [3.63, 3.8) is 0 Å². The first kappa shape index (κ1) is 15.2. The van der Waals surface area contributed by atoms with Crippen molar-refractivity contribution in [2.45, 2.75) is 13.0 Å². The van der Waals surface area contributed by atoms with Gasteiger partial charge >= 0.3 is 51.4 Å². The van der Waals surface area contributed by atoms with Crippen LogP contribution in [-0.2, 0) is 9.59 Å². The van der Waals surface area contributed by atoms with Crippen LogP contribution in [-0.4, -0.2) is 35.2 Å². The van der Waals surface area contributed by atoms with Crippen molar-refractivity contribution in [1.82, 2.24) is 0 Å². The Balaban J connectivity index is 0. The molecule has 0 fully saturated rings. The van der Waals surface area contributed by atoms with Gasteiger partial charge in [-0.3, -0.25) is 0 Å². The van der Waals surface area contributed by atoms with Gasteiger partial charge in [-0.1, -0.05) is 0 Å². The molecule has 0 amide bonds. The zero-order valence-electron chi connectivity index (χ0n) is 6.98. The monoisotopic (exact) mass is 200 g/mol. The minimum atomic E-state index is -1.97. The van der Waals surface area contributed by atoms with E-state index in [1.807, 2.05) is 0 Å². The summed E-state index contributed by atoms with van der Waals surface area (Å²) in [6.45, 7) is 0.395. The number of aldehydes is 1. The van der Waals surface area contributed by atoms with E-state index >= 15 is 0 Å². The van der Waals surface area contributed by atoms with Gasteiger partial charge in [0.05, 0.1) is 18.0 Å². The van der Waals surface area contributed by atoms with Gasteiger partial charge in [-0.15, -0.1) is 0 Å². The minimum absolute atomic E-state index is 0. The Morgan fingerprint density at radius 2 is 2.17 bits per heavy atom. The molecule has 0 aromatic heterocycles. The maximum Gasteiger partial charge on any atom is 1.00 e. The van der Waals surface area contributed by atoms with E-state index in [9.17, 15) is 14.7 Å². The zero-order valence-corrected chi connectivity index (χ0v) is 10.1. The van der Waals surface area contributed by atoms with E-state index < -0.39 is 24.1 Å². The van der Waals surface area contributed by atoms with Gasteiger partial charge in [0, 0.05) is 0 Å². The molecule has 0 rings (SSSR count). The van der Waals surface area contributed by atoms with E-state index in [2.05, 4.69) is 0 Å². The van der Waals surface area contributed by atoms with E-state index in [0.29, 0.717) is 0 Å². The second-order valence-corrected chi connectivity index (χ2v) is 2.50. The molecule has 0 spiro atoms. The SMILES string of the molecule is CC(C=O)(CO)C(O)C(=O)[O-].[K+]. The molecule has 5 nitrogen and oxygen atoms in total. The fourth-order valence-electron chi connectivity index (χ4n) is 0.457. The number of aliphatic hydroxyl groups excluding tert-OH is 2. The van der Waals surface area contributed by atoms with Crippen LogP contribution in [0.5, 0.6) is 0 Å². The van der Waals surface area contributed by atoms with Crippen molar-refractivity contribution in [2.75, 3.05) is 6.61 Å². The smallest absolute Gasteiger partial charge is 0.547 e. The Labute approximate surface area is 112 Å². The maximum absolute atomic E-state index is 10.2. The molecule has 0 aliphatic heterocycles. The maximum atomic E-state index is 10.2. The number of hydrogen-bond donors (Lipinski definition) is 2. The minimum Gasteiger partial charge on any atom is -0.547 e. The summed E-state index contributed by atoms with van der Waals surface area (Å²) in [5, 5.41) is 27.3. The number of aliphatic carboxylic acids is 1. The first-order valence-corrected chi connectivity index (χ1v) is 2.94. The molecule has 0 aromatic carbocycles. The molecule has 0 heterocycles. The summed E-state index contributed by atoms with van der Waals surface area (Å²) < 4.78 is 0. The number of carbonyl (C=O) groups excluding carboxylic acids is 2. The van der Waals surface area contributed by atoms with Crippen molar-refractivity contribution >= 4 is 12.3 Å². The summed E-state index contributed by atoms with van der Waals surface area (Å²) in [6, 6.07) is 0. The number of rotatable bonds is 4. The van der Waals surface area contributed by atoms with Crippen LogP contribution >= 0.6 is 0 Å². The molecule has 0 aliphatic carbocycles. The van der Waals surface area contributed by atoms with Crippen LogP contribution < -0.4 is 56.5 Å². The molecular weight excluding hydrogens is 191 g/mol. The molecule has 2 unspecified atom stereocenters. The Morgan fingerprint density at radius 3 is 2.25 bits per heavy atom. The zero-order chi connectivity index (χ0) is 9.07. The topological polar surface area (TPSA) is 97.7 Å². The van der Waals surface area contributed by atoms with E-state index in [1.165, 1.54) is 0 Å². The average Bonchev–Trinajstić information content (AvgIpc) is 2.01. The van der Waals surface area contributed by atoms with Crippen LogP contribution in [0, 0.1) is 5.41 Å². The Kier molecular flexibility index (Phi) is 7.84. The molecule has 6 heteroatoms. The predicted molar refractivity (Wildman–Crippen MR) is 32.3 cm³/mol. The first-order valence-electron chi connectivity index (χ1n) is 2.94. The third-order valence-corrected chi connectivity index (χ3v) is 1.46. The van der Waals surface area contributed by atoms with Gasteiger partial charge in [-0.2, -0.15) is 0 Å². The van der Waals surface area contributed by atoms with Crippen LogP contribution in [0.15, 0.2) is 0 Å². The Hall–Kier alpha value is 0.696. The molecule has 2 atom stereocenters. The van der Waals surface area contributed by atoms with Crippen molar-refractivity contribution < 1.29 is 76.3 Å². The summed E-state index contributed by atoms with van der Waals surface area (Å²) in [6.07, 6.45) is -1.78. The van der Waals surface area contributed by atoms with E-state index in [1.54, 1.807) is 0 Å². The molecule has 0 aliphatic rings. The molecule has 0 saturated carbocycles. The Bertz CT molecular complexity index is 171. The van der Waals surface area contributed by atoms with E-state index in [-0.39, 0.29) is 57.7 Å². The third kappa shape index (κ3) is 3.61. The van der Waals surface area contributed by atoms with Crippen molar-refractivity contribution in [3.8, 4) is 0 Å². The predicted octanol–water partition coefficient (Wildman–Crippen LogP) is -5.70. The number of carboxylic acid groups (broad SMARTS) is 1. The Morgan fingerprint density at radius 1 is 1.75 bits per heavy atom. The average molecular weight is 200 g/mol. The van der Waals surface area contributed by atoms with Crippen LogP contribution in [0.3, 0.4) is 0 Å². The van der Waals surface area contributed by atoms with Gasteiger partial charge in [0.25, 0.3) is 0 Å². The van der Waals surface area contributed by atoms with Gasteiger partial charge in [0.2, 0.25) is 0 Å². The molecule has 12 heavy (non-hydrogen) atoms. The van der Waals surface area contributed by atoms with E-state index in [4.69, 9.17) is 10.2 Å². The second-order valence-electron chi connectivity index (χ2n) is 2.50. The van der Waals surface area contributed by atoms with Gasteiger partial charge in [0.15, 0.2) is 0 Å². The number of aliphatic hydroxyl groups is 2. The van der Waals surface area contributed by atoms with Crippen molar-refractivity contribution in [2.24, 2.45) is 5.41 Å². The largest absolute Gasteiger partial charge is 1.00 e. The van der Waals surface area contributed by atoms with Crippen LogP contribution in [0.25, 0.3) is 0 Å². The fourth-order valence-corrected chi connectivity index (χ4v) is 0.457. The number of carbonyl (C=O) groups is 2. The van der Waals surface area contributed by atoms with Gasteiger partial charge in [-0.25, -0.2) is 0 Å².